The van der Waals surface area contributed by atoms with Gasteiger partial charge in [-0.25, -0.2) is 0 Å². The standard InChI is InChI=1S/C14H18O2/c1-13(2)8-9-14(10-13,12(15)16)11-6-4-3-5-7-11/h3-7H,8-10H2,1-2H3,(H,15,16). The summed E-state index contributed by atoms with van der Waals surface area (Å²) in [5.74, 6) is -0.677. The van der Waals surface area contributed by atoms with Crippen LogP contribution in [-0.2, 0) is 10.2 Å². The Morgan fingerprint density at radius 3 is 2.25 bits per heavy atom. The highest BCUT2D eigenvalue weighted by molar-refractivity contribution is 5.82. The van der Waals surface area contributed by atoms with Crippen molar-refractivity contribution in [1.29, 1.82) is 0 Å². The largest absolute Gasteiger partial charge is 0.481 e. The van der Waals surface area contributed by atoms with Gasteiger partial charge in [-0.05, 0) is 30.2 Å². The molecule has 2 nitrogen and oxygen atoms in total. The van der Waals surface area contributed by atoms with Crippen LogP contribution in [0.5, 0.6) is 0 Å². The Kier molecular flexibility index (Phi) is 2.53. The van der Waals surface area contributed by atoms with Crippen LogP contribution in [0.25, 0.3) is 0 Å². The molecule has 2 rings (SSSR count). The summed E-state index contributed by atoms with van der Waals surface area (Å²) in [7, 11) is 0. The maximum absolute atomic E-state index is 11.6. The van der Waals surface area contributed by atoms with E-state index in [2.05, 4.69) is 13.8 Å². The minimum Gasteiger partial charge on any atom is -0.481 e. The van der Waals surface area contributed by atoms with Gasteiger partial charge in [-0.15, -0.1) is 0 Å². The van der Waals surface area contributed by atoms with E-state index in [9.17, 15) is 9.90 Å². The van der Waals surface area contributed by atoms with Crippen molar-refractivity contribution in [2.24, 2.45) is 5.41 Å². The van der Waals surface area contributed by atoms with Crippen LogP contribution in [0.1, 0.15) is 38.7 Å². The molecule has 86 valence electrons. The smallest absolute Gasteiger partial charge is 0.314 e. The zero-order valence-electron chi connectivity index (χ0n) is 9.86. The van der Waals surface area contributed by atoms with Crippen LogP contribution in [0.15, 0.2) is 30.3 Å². The molecule has 1 unspecified atom stereocenters. The minimum atomic E-state index is -0.677. The van der Waals surface area contributed by atoms with Crippen molar-refractivity contribution in [3.05, 3.63) is 35.9 Å². The maximum atomic E-state index is 11.6. The van der Waals surface area contributed by atoms with E-state index in [-0.39, 0.29) is 5.41 Å². The van der Waals surface area contributed by atoms with Gasteiger partial charge in [0.15, 0.2) is 0 Å². The third-order valence-corrected chi connectivity index (χ3v) is 3.74. The summed E-state index contributed by atoms with van der Waals surface area (Å²) in [6, 6.07) is 9.65. The van der Waals surface area contributed by atoms with E-state index in [1.54, 1.807) is 0 Å². The van der Waals surface area contributed by atoms with Gasteiger partial charge < -0.3 is 5.11 Å². The molecule has 1 aliphatic rings. The van der Waals surface area contributed by atoms with Gasteiger partial charge in [0.25, 0.3) is 0 Å². The fraction of sp³-hybridized carbons (Fsp3) is 0.500. The Balaban J connectivity index is 2.43. The highest BCUT2D eigenvalue weighted by Gasteiger charge is 2.49. The van der Waals surface area contributed by atoms with E-state index < -0.39 is 11.4 Å². The van der Waals surface area contributed by atoms with Gasteiger partial charge in [-0.2, -0.15) is 0 Å². The van der Waals surface area contributed by atoms with Crippen molar-refractivity contribution in [3.8, 4) is 0 Å². The molecule has 0 amide bonds. The normalized spacial score (nSPS) is 27.9. The Hall–Kier alpha value is -1.31. The molecule has 1 saturated carbocycles. The zero-order chi connectivity index (χ0) is 11.8. The Morgan fingerprint density at radius 2 is 1.81 bits per heavy atom. The highest BCUT2D eigenvalue weighted by atomic mass is 16.4. The van der Waals surface area contributed by atoms with Gasteiger partial charge in [0.05, 0.1) is 5.41 Å². The van der Waals surface area contributed by atoms with Crippen LogP contribution in [-0.4, -0.2) is 11.1 Å². The second-order valence-electron chi connectivity index (χ2n) is 5.59. The minimum absolute atomic E-state index is 0.133. The van der Waals surface area contributed by atoms with E-state index in [4.69, 9.17) is 0 Å². The number of aliphatic carboxylic acids is 1. The molecule has 1 aromatic rings. The van der Waals surface area contributed by atoms with Crippen molar-refractivity contribution in [1.82, 2.24) is 0 Å². The van der Waals surface area contributed by atoms with Crippen LogP contribution in [0, 0.1) is 5.41 Å². The summed E-state index contributed by atoms with van der Waals surface area (Å²) in [4.78, 5) is 11.6. The molecule has 1 fully saturated rings. The van der Waals surface area contributed by atoms with Crippen molar-refractivity contribution in [3.63, 3.8) is 0 Å². The van der Waals surface area contributed by atoms with Crippen LogP contribution >= 0.6 is 0 Å². The molecule has 0 radical (unpaired) electrons. The molecule has 0 heterocycles. The molecule has 0 saturated heterocycles. The monoisotopic (exact) mass is 218 g/mol. The predicted octanol–water partition coefficient (Wildman–Crippen LogP) is 3.22. The molecular weight excluding hydrogens is 200 g/mol. The van der Waals surface area contributed by atoms with Gasteiger partial charge in [0.2, 0.25) is 0 Å². The molecule has 2 heteroatoms. The summed E-state index contributed by atoms with van der Waals surface area (Å²) in [6.07, 6.45) is 2.47. The molecular formula is C14H18O2. The van der Waals surface area contributed by atoms with E-state index >= 15 is 0 Å². The summed E-state index contributed by atoms with van der Waals surface area (Å²) < 4.78 is 0. The number of hydrogen-bond donors (Lipinski definition) is 1. The molecule has 1 aromatic carbocycles. The second-order valence-corrected chi connectivity index (χ2v) is 5.59. The second kappa shape index (κ2) is 3.62. The first-order valence-corrected chi connectivity index (χ1v) is 5.75. The van der Waals surface area contributed by atoms with E-state index in [1.165, 1.54) is 0 Å². The summed E-state index contributed by atoms with van der Waals surface area (Å²) in [5.41, 5.74) is 0.423. The van der Waals surface area contributed by atoms with Crippen LogP contribution < -0.4 is 0 Å². The lowest BCUT2D eigenvalue weighted by Crippen LogP contribution is -2.33. The number of rotatable bonds is 2. The number of carboxylic acids is 1. The Labute approximate surface area is 96.3 Å². The van der Waals surface area contributed by atoms with Gasteiger partial charge in [0.1, 0.15) is 0 Å². The van der Waals surface area contributed by atoms with Crippen LogP contribution in [0.3, 0.4) is 0 Å². The van der Waals surface area contributed by atoms with Crippen molar-refractivity contribution in [2.45, 2.75) is 38.5 Å². The quantitative estimate of drug-likeness (QED) is 0.827. The topological polar surface area (TPSA) is 37.3 Å². The molecule has 0 aliphatic heterocycles. The fourth-order valence-corrected chi connectivity index (χ4v) is 2.86. The fourth-order valence-electron chi connectivity index (χ4n) is 2.86. The van der Waals surface area contributed by atoms with Gasteiger partial charge in [0, 0.05) is 0 Å². The van der Waals surface area contributed by atoms with E-state index in [0.29, 0.717) is 0 Å². The zero-order valence-corrected chi connectivity index (χ0v) is 9.86. The highest BCUT2D eigenvalue weighted by Crippen LogP contribution is 2.50. The predicted molar refractivity (Wildman–Crippen MR) is 63.4 cm³/mol. The number of carboxylic acid groups (broad SMARTS) is 1. The number of benzene rings is 1. The van der Waals surface area contributed by atoms with Gasteiger partial charge in [-0.1, -0.05) is 44.2 Å². The molecule has 1 aliphatic carbocycles. The average molecular weight is 218 g/mol. The Bertz CT molecular complexity index is 394. The van der Waals surface area contributed by atoms with Gasteiger partial charge >= 0.3 is 5.97 Å². The third kappa shape index (κ3) is 1.73. The van der Waals surface area contributed by atoms with Crippen molar-refractivity contribution >= 4 is 5.97 Å². The SMILES string of the molecule is CC1(C)CCC(C(=O)O)(c2ccccc2)C1. The molecule has 1 atom stereocenters. The van der Waals surface area contributed by atoms with E-state index in [0.717, 1.165) is 24.8 Å². The summed E-state index contributed by atoms with van der Waals surface area (Å²) in [6.45, 7) is 4.31. The molecule has 0 aromatic heterocycles. The van der Waals surface area contributed by atoms with Crippen molar-refractivity contribution in [2.75, 3.05) is 0 Å². The first-order chi connectivity index (χ1) is 7.46. The third-order valence-electron chi connectivity index (χ3n) is 3.74. The number of carbonyl (C=O) groups is 1. The number of hydrogen-bond acceptors (Lipinski definition) is 1. The van der Waals surface area contributed by atoms with E-state index in [1.807, 2.05) is 30.3 Å². The lowest BCUT2D eigenvalue weighted by atomic mass is 9.76. The van der Waals surface area contributed by atoms with Crippen LogP contribution in [0.2, 0.25) is 0 Å². The molecule has 16 heavy (non-hydrogen) atoms. The van der Waals surface area contributed by atoms with Gasteiger partial charge in [-0.3, -0.25) is 4.79 Å². The first kappa shape index (κ1) is 11.2. The first-order valence-electron chi connectivity index (χ1n) is 5.75. The van der Waals surface area contributed by atoms with Crippen molar-refractivity contribution < 1.29 is 9.90 Å². The summed E-state index contributed by atoms with van der Waals surface area (Å²) >= 11 is 0. The lowest BCUT2D eigenvalue weighted by molar-refractivity contribution is -0.144. The molecule has 0 spiro atoms. The Morgan fingerprint density at radius 1 is 1.19 bits per heavy atom. The maximum Gasteiger partial charge on any atom is 0.314 e. The summed E-state index contributed by atoms with van der Waals surface area (Å²) in [5, 5.41) is 9.55. The molecule has 0 bridgehead atoms. The average Bonchev–Trinajstić information content (AvgIpc) is 2.57. The van der Waals surface area contributed by atoms with Crippen LogP contribution in [0.4, 0.5) is 0 Å². The molecule has 1 N–H and O–H groups in total. The lowest BCUT2D eigenvalue weighted by Gasteiger charge is -2.27.